The van der Waals surface area contributed by atoms with Crippen LogP contribution < -0.4 is 10.6 Å². The van der Waals surface area contributed by atoms with Gasteiger partial charge in [-0.3, -0.25) is 5.10 Å². The predicted molar refractivity (Wildman–Crippen MR) is 80.8 cm³/mol. The molecule has 21 heavy (non-hydrogen) atoms. The summed E-state index contributed by atoms with van der Waals surface area (Å²) in [5.74, 6) is 2.95. The van der Waals surface area contributed by atoms with Crippen LogP contribution in [0.25, 0.3) is 0 Å². The van der Waals surface area contributed by atoms with Gasteiger partial charge in [0, 0.05) is 12.7 Å². The Morgan fingerprint density at radius 3 is 2.48 bits per heavy atom. The molecule has 2 amide bonds. The molecule has 4 fully saturated rings. The van der Waals surface area contributed by atoms with Gasteiger partial charge in [0.15, 0.2) is 0 Å². The fourth-order valence-corrected chi connectivity index (χ4v) is 5.53. The Hall–Kier alpha value is -1.52. The van der Waals surface area contributed by atoms with Crippen LogP contribution in [-0.2, 0) is 0 Å². The molecule has 0 saturated heterocycles. The van der Waals surface area contributed by atoms with Gasteiger partial charge in [0.25, 0.3) is 0 Å². The second kappa shape index (κ2) is 5.04. The van der Waals surface area contributed by atoms with Crippen molar-refractivity contribution in [2.75, 3.05) is 11.9 Å². The Morgan fingerprint density at radius 2 is 1.90 bits per heavy atom. The molecule has 4 aliphatic carbocycles. The Labute approximate surface area is 125 Å². The van der Waals surface area contributed by atoms with Crippen LogP contribution in [0.4, 0.5) is 10.5 Å². The van der Waals surface area contributed by atoms with Crippen molar-refractivity contribution in [3.05, 3.63) is 12.4 Å². The molecule has 5 nitrogen and oxygen atoms in total. The number of carbonyl (C=O) groups excluding carboxylic acids is 1. The van der Waals surface area contributed by atoms with Crippen LogP contribution in [0.5, 0.6) is 0 Å². The molecular weight excluding hydrogens is 264 g/mol. The molecule has 1 heterocycles. The molecular formula is C16H24N4O. The zero-order valence-electron chi connectivity index (χ0n) is 12.4. The molecule has 5 heteroatoms. The predicted octanol–water partition coefficient (Wildman–Crippen LogP) is 3.14. The maximum atomic E-state index is 11.8. The Kier molecular flexibility index (Phi) is 3.16. The number of hydrogen-bond acceptors (Lipinski definition) is 2. The van der Waals surface area contributed by atoms with Crippen molar-refractivity contribution in [1.29, 1.82) is 0 Å². The van der Waals surface area contributed by atoms with E-state index in [0.717, 1.165) is 30.7 Å². The first kappa shape index (κ1) is 13.2. The Bertz CT molecular complexity index is 475. The van der Waals surface area contributed by atoms with E-state index in [1.165, 1.54) is 38.5 Å². The van der Waals surface area contributed by atoms with E-state index in [1.807, 2.05) is 0 Å². The summed E-state index contributed by atoms with van der Waals surface area (Å²) in [5, 5.41) is 12.3. The highest BCUT2D eigenvalue weighted by atomic mass is 16.2. The zero-order chi connectivity index (χ0) is 14.3. The molecule has 1 aromatic heterocycles. The molecule has 0 unspecified atom stereocenters. The van der Waals surface area contributed by atoms with Crippen LogP contribution in [0.15, 0.2) is 12.4 Å². The first-order valence-corrected chi connectivity index (χ1v) is 8.24. The Morgan fingerprint density at radius 1 is 1.24 bits per heavy atom. The minimum atomic E-state index is -0.124. The number of nitrogens with zero attached hydrogens (tertiary/aromatic N) is 1. The molecule has 4 saturated carbocycles. The van der Waals surface area contributed by atoms with Crippen molar-refractivity contribution in [2.24, 2.45) is 23.2 Å². The van der Waals surface area contributed by atoms with Gasteiger partial charge >= 0.3 is 6.03 Å². The number of aromatic nitrogens is 2. The van der Waals surface area contributed by atoms with E-state index in [-0.39, 0.29) is 6.03 Å². The quantitative estimate of drug-likeness (QED) is 0.796. The molecule has 1 aromatic rings. The minimum absolute atomic E-state index is 0.124. The van der Waals surface area contributed by atoms with E-state index in [2.05, 4.69) is 20.8 Å². The average Bonchev–Trinajstić information content (AvgIpc) is 2.89. The molecule has 0 spiro atoms. The van der Waals surface area contributed by atoms with Crippen molar-refractivity contribution >= 4 is 11.7 Å². The number of rotatable bonds is 4. The third-order valence-electron chi connectivity index (χ3n) is 5.86. The van der Waals surface area contributed by atoms with E-state index < -0.39 is 0 Å². The summed E-state index contributed by atoms with van der Waals surface area (Å²) in [4.78, 5) is 11.8. The highest BCUT2D eigenvalue weighted by Crippen LogP contribution is 2.61. The second-order valence-electron chi connectivity index (χ2n) is 7.54. The van der Waals surface area contributed by atoms with Gasteiger partial charge < -0.3 is 10.6 Å². The van der Waals surface area contributed by atoms with Crippen molar-refractivity contribution in [3.8, 4) is 0 Å². The van der Waals surface area contributed by atoms with E-state index in [4.69, 9.17) is 0 Å². The molecule has 5 rings (SSSR count). The largest absolute Gasteiger partial charge is 0.338 e. The summed E-state index contributed by atoms with van der Waals surface area (Å²) in [7, 11) is 0. The van der Waals surface area contributed by atoms with Crippen LogP contribution in [0.3, 0.4) is 0 Å². The molecule has 0 radical (unpaired) electrons. The number of H-pyrrole nitrogens is 1. The van der Waals surface area contributed by atoms with Gasteiger partial charge in [-0.2, -0.15) is 5.10 Å². The lowest BCUT2D eigenvalue weighted by atomic mass is 9.49. The first-order valence-electron chi connectivity index (χ1n) is 8.24. The smallest absolute Gasteiger partial charge is 0.319 e. The van der Waals surface area contributed by atoms with Gasteiger partial charge in [0.1, 0.15) is 0 Å². The normalized spacial score (nSPS) is 36.7. The van der Waals surface area contributed by atoms with Crippen molar-refractivity contribution in [1.82, 2.24) is 15.5 Å². The van der Waals surface area contributed by atoms with E-state index >= 15 is 0 Å². The average molecular weight is 288 g/mol. The number of amides is 2. The van der Waals surface area contributed by atoms with Crippen LogP contribution in [0.2, 0.25) is 0 Å². The number of urea groups is 1. The SMILES string of the molecule is O=C(NCCC12CC3CC(CC(C3)C1)C2)Nc1cn[nH]c1. The minimum Gasteiger partial charge on any atom is -0.338 e. The van der Waals surface area contributed by atoms with Gasteiger partial charge in [-0.1, -0.05) is 0 Å². The number of hydrogen-bond donors (Lipinski definition) is 3. The van der Waals surface area contributed by atoms with Crippen molar-refractivity contribution in [2.45, 2.75) is 44.9 Å². The maximum Gasteiger partial charge on any atom is 0.319 e. The van der Waals surface area contributed by atoms with Crippen molar-refractivity contribution < 1.29 is 4.79 Å². The molecule has 3 N–H and O–H groups in total. The highest BCUT2D eigenvalue weighted by molar-refractivity contribution is 5.88. The van der Waals surface area contributed by atoms with E-state index in [1.54, 1.807) is 12.4 Å². The van der Waals surface area contributed by atoms with Crippen LogP contribution >= 0.6 is 0 Å². The lowest BCUT2D eigenvalue weighted by molar-refractivity contribution is -0.0563. The maximum absolute atomic E-state index is 11.8. The number of aromatic amines is 1. The monoisotopic (exact) mass is 288 g/mol. The summed E-state index contributed by atoms with van der Waals surface area (Å²) in [5.41, 5.74) is 1.25. The molecule has 4 bridgehead atoms. The standard InChI is InChI=1S/C16H24N4O/c21-15(20-14-9-18-19-10-14)17-2-1-16-6-11-3-12(7-16)5-13(4-11)8-16/h9-13H,1-8H2,(H,18,19)(H2,17,20,21). The lowest BCUT2D eigenvalue weighted by Crippen LogP contribution is -2.47. The van der Waals surface area contributed by atoms with Crippen LogP contribution in [0.1, 0.15) is 44.9 Å². The number of carbonyl (C=O) groups is 1. The topological polar surface area (TPSA) is 69.8 Å². The van der Waals surface area contributed by atoms with Gasteiger partial charge in [0.05, 0.1) is 11.9 Å². The summed E-state index contributed by atoms with van der Waals surface area (Å²) in [6, 6.07) is -0.124. The van der Waals surface area contributed by atoms with Crippen molar-refractivity contribution in [3.63, 3.8) is 0 Å². The van der Waals surface area contributed by atoms with Gasteiger partial charge in [-0.25, -0.2) is 4.79 Å². The Balaban J connectivity index is 1.28. The second-order valence-corrected chi connectivity index (χ2v) is 7.54. The summed E-state index contributed by atoms with van der Waals surface area (Å²) in [6.45, 7) is 0.788. The first-order chi connectivity index (χ1) is 10.2. The number of anilines is 1. The number of nitrogens with one attached hydrogen (secondary N) is 3. The molecule has 0 aromatic carbocycles. The van der Waals surface area contributed by atoms with E-state index in [9.17, 15) is 4.79 Å². The molecule has 0 aliphatic heterocycles. The molecule has 0 atom stereocenters. The van der Waals surface area contributed by atoms with Gasteiger partial charge in [-0.05, 0) is 68.1 Å². The summed E-state index contributed by atoms with van der Waals surface area (Å²) in [6.07, 6.45) is 13.1. The molecule has 4 aliphatic rings. The third-order valence-corrected chi connectivity index (χ3v) is 5.86. The zero-order valence-corrected chi connectivity index (χ0v) is 12.4. The fraction of sp³-hybridized carbons (Fsp3) is 0.750. The fourth-order valence-electron chi connectivity index (χ4n) is 5.53. The van der Waals surface area contributed by atoms with Crippen LogP contribution in [-0.4, -0.2) is 22.8 Å². The van der Waals surface area contributed by atoms with Gasteiger partial charge in [-0.15, -0.1) is 0 Å². The summed E-state index contributed by atoms with van der Waals surface area (Å²) < 4.78 is 0. The summed E-state index contributed by atoms with van der Waals surface area (Å²) >= 11 is 0. The lowest BCUT2D eigenvalue weighted by Gasteiger charge is -2.57. The van der Waals surface area contributed by atoms with E-state index in [0.29, 0.717) is 11.1 Å². The van der Waals surface area contributed by atoms with Crippen LogP contribution in [0, 0.1) is 23.2 Å². The third kappa shape index (κ3) is 2.65. The molecule has 114 valence electrons. The van der Waals surface area contributed by atoms with Gasteiger partial charge in [0.2, 0.25) is 0 Å². The highest BCUT2D eigenvalue weighted by Gasteiger charge is 2.50.